The lowest BCUT2D eigenvalue weighted by atomic mass is 10.1. The smallest absolute Gasteiger partial charge is 0.224 e. The SMILES string of the molecule is CC1CN(c2nc(Cl)ncc2Cl)CC(C)N1C. The molecule has 0 N–H and O–H groups in total. The molecule has 6 heteroatoms. The summed E-state index contributed by atoms with van der Waals surface area (Å²) in [7, 11) is 2.14. The maximum atomic E-state index is 6.12. The van der Waals surface area contributed by atoms with Crippen molar-refractivity contribution in [1.29, 1.82) is 0 Å². The van der Waals surface area contributed by atoms with Gasteiger partial charge in [-0.25, -0.2) is 4.98 Å². The quantitative estimate of drug-likeness (QED) is 0.736. The topological polar surface area (TPSA) is 32.3 Å². The van der Waals surface area contributed by atoms with Gasteiger partial charge in [-0.2, -0.15) is 4.98 Å². The molecule has 2 unspecified atom stereocenters. The molecule has 1 aliphatic heterocycles. The molecule has 0 spiro atoms. The summed E-state index contributed by atoms with van der Waals surface area (Å²) < 4.78 is 0. The maximum absolute atomic E-state index is 6.12. The van der Waals surface area contributed by atoms with E-state index in [1.54, 1.807) is 6.20 Å². The Hall–Kier alpha value is -0.580. The summed E-state index contributed by atoms with van der Waals surface area (Å²) in [6.45, 7) is 6.18. The molecular formula is C11H16Cl2N4. The number of hydrogen-bond donors (Lipinski definition) is 0. The summed E-state index contributed by atoms with van der Waals surface area (Å²) in [6, 6.07) is 0.923. The van der Waals surface area contributed by atoms with Gasteiger partial charge in [-0.1, -0.05) is 11.6 Å². The molecule has 0 aromatic carbocycles. The molecule has 0 radical (unpaired) electrons. The molecule has 4 nitrogen and oxygen atoms in total. The number of nitrogens with zero attached hydrogens (tertiary/aromatic N) is 4. The highest BCUT2D eigenvalue weighted by molar-refractivity contribution is 6.33. The second-order valence-electron chi connectivity index (χ2n) is 4.58. The third kappa shape index (κ3) is 2.64. The second kappa shape index (κ2) is 4.96. The van der Waals surface area contributed by atoms with Crippen molar-refractivity contribution in [1.82, 2.24) is 14.9 Å². The molecule has 0 aliphatic carbocycles. The van der Waals surface area contributed by atoms with Crippen LogP contribution in [0.1, 0.15) is 13.8 Å². The first-order valence-corrected chi connectivity index (χ1v) is 6.39. The van der Waals surface area contributed by atoms with Gasteiger partial charge in [0.1, 0.15) is 5.02 Å². The molecule has 0 bridgehead atoms. The molecule has 1 saturated heterocycles. The summed E-state index contributed by atoms with van der Waals surface area (Å²) in [5, 5.41) is 0.794. The molecule has 94 valence electrons. The number of anilines is 1. The molecule has 1 aromatic rings. The van der Waals surface area contributed by atoms with E-state index in [1.165, 1.54) is 0 Å². The van der Waals surface area contributed by atoms with Crippen molar-refractivity contribution in [3.8, 4) is 0 Å². The van der Waals surface area contributed by atoms with E-state index in [2.05, 4.69) is 40.7 Å². The van der Waals surface area contributed by atoms with Crippen LogP contribution in [-0.2, 0) is 0 Å². The summed E-state index contributed by atoms with van der Waals surface area (Å²) >= 11 is 11.9. The molecule has 0 amide bonds. The van der Waals surface area contributed by atoms with Crippen LogP contribution in [0.2, 0.25) is 10.3 Å². The number of rotatable bonds is 1. The van der Waals surface area contributed by atoms with Crippen molar-refractivity contribution in [2.75, 3.05) is 25.0 Å². The minimum Gasteiger partial charge on any atom is -0.352 e. The van der Waals surface area contributed by atoms with Crippen molar-refractivity contribution in [2.45, 2.75) is 25.9 Å². The largest absolute Gasteiger partial charge is 0.352 e. The van der Waals surface area contributed by atoms with Crippen molar-refractivity contribution in [3.05, 3.63) is 16.5 Å². The number of likely N-dealkylation sites (N-methyl/N-ethyl adjacent to an activating group) is 1. The van der Waals surface area contributed by atoms with E-state index in [-0.39, 0.29) is 5.28 Å². The lowest BCUT2D eigenvalue weighted by Crippen LogP contribution is -2.55. The normalized spacial score (nSPS) is 26.3. The first kappa shape index (κ1) is 12.9. The Morgan fingerprint density at radius 2 is 1.82 bits per heavy atom. The Morgan fingerprint density at radius 3 is 2.41 bits per heavy atom. The molecule has 2 heterocycles. The summed E-state index contributed by atoms with van der Waals surface area (Å²) in [6.07, 6.45) is 1.56. The fourth-order valence-electron chi connectivity index (χ4n) is 2.14. The monoisotopic (exact) mass is 274 g/mol. The average Bonchev–Trinajstić information content (AvgIpc) is 2.28. The van der Waals surface area contributed by atoms with Crippen LogP contribution in [0.15, 0.2) is 6.20 Å². The molecule has 1 fully saturated rings. The Balaban J connectivity index is 2.25. The highest BCUT2D eigenvalue weighted by Gasteiger charge is 2.28. The van der Waals surface area contributed by atoms with Gasteiger partial charge in [-0.3, -0.25) is 4.90 Å². The van der Waals surface area contributed by atoms with Crippen LogP contribution >= 0.6 is 23.2 Å². The van der Waals surface area contributed by atoms with E-state index < -0.39 is 0 Å². The number of aromatic nitrogens is 2. The molecule has 17 heavy (non-hydrogen) atoms. The zero-order valence-corrected chi connectivity index (χ0v) is 11.7. The first-order chi connectivity index (χ1) is 7.99. The lowest BCUT2D eigenvalue weighted by molar-refractivity contribution is 0.169. The Bertz CT molecular complexity index is 400. The zero-order valence-electron chi connectivity index (χ0n) is 10.2. The molecule has 2 rings (SSSR count). The van der Waals surface area contributed by atoms with Crippen LogP contribution in [0.25, 0.3) is 0 Å². The molecule has 1 aromatic heterocycles. The average molecular weight is 275 g/mol. The van der Waals surface area contributed by atoms with Crippen LogP contribution in [0.3, 0.4) is 0 Å². The number of piperazine rings is 1. The molecule has 0 saturated carbocycles. The number of hydrogen-bond acceptors (Lipinski definition) is 4. The third-order valence-electron chi connectivity index (χ3n) is 3.36. The van der Waals surface area contributed by atoms with E-state index >= 15 is 0 Å². The molecule has 2 atom stereocenters. The van der Waals surface area contributed by atoms with Gasteiger partial charge in [0.05, 0.1) is 6.20 Å². The fraction of sp³-hybridized carbons (Fsp3) is 0.636. The summed E-state index contributed by atoms with van der Waals surface area (Å²) in [5.41, 5.74) is 0. The van der Waals surface area contributed by atoms with Crippen molar-refractivity contribution < 1.29 is 0 Å². The standard InChI is InChI=1S/C11H16Cl2N4/c1-7-5-17(6-8(2)16(7)3)10-9(12)4-14-11(13)15-10/h4,7-8H,5-6H2,1-3H3. The van der Waals surface area contributed by atoms with Gasteiger partial charge in [0, 0.05) is 25.2 Å². The minimum atomic E-state index is 0.239. The Labute approximate surface area is 112 Å². The van der Waals surface area contributed by atoms with Gasteiger partial charge >= 0.3 is 0 Å². The van der Waals surface area contributed by atoms with E-state index in [0.29, 0.717) is 17.1 Å². The van der Waals surface area contributed by atoms with Gasteiger partial charge < -0.3 is 4.90 Å². The first-order valence-electron chi connectivity index (χ1n) is 5.64. The van der Waals surface area contributed by atoms with E-state index in [4.69, 9.17) is 23.2 Å². The predicted molar refractivity (Wildman–Crippen MR) is 71.0 cm³/mol. The van der Waals surface area contributed by atoms with Crippen molar-refractivity contribution in [2.24, 2.45) is 0 Å². The van der Waals surface area contributed by atoms with Crippen molar-refractivity contribution >= 4 is 29.0 Å². The van der Waals surface area contributed by atoms with Crippen LogP contribution < -0.4 is 4.90 Å². The van der Waals surface area contributed by atoms with E-state index in [1.807, 2.05) is 0 Å². The minimum absolute atomic E-state index is 0.239. The van der Waals surface area contributed by atoms with Gasteiger partial charge in [0.2, 0.25) is 5.28 Å². The van der Waals surface area contributed by atoms with Gasteiger partial charge in [0.15, 0.2) is 5.82 Å². The zero-order chi connectivity index (χ0) is 12.6. The van der Waals surface area contributed by atoms with Gasteiger partial charge in [-0.15, -0.1) is 0 Å². The number of halogens is 2. The highest BCUT2D eigenvalue weighted by atomic mass is 35.5. The summed E-state index contributed by atoms with van der Waals surface area (Å²) in [4.78, 5) is 12.6. The Kier molecular flexibility index (Phi) is 3.76. The van der Waals surface area contributed by atoms with E-state index in [0.717, 1.165) is 18.9 Å². The van der Waals surface area contributed by atoms with Crippen LogP contribution in [0.5, 0.6) is 0 Å². The van der Waals surface area contributed by atoms with Crippen LogP contribution in [0, 0.1) is 0 Å². The lowest BCUT2D eigenvalue weighted by Gasteiger charge is -2.43. The van der Waals surface area contributed by atoms with Crippen LogP contribution in [-0.4, -0.2) is 47.1 Å². The highest BCUT2D eigenvalue weighted by Crippen LogP contribution is 2.27. The van der Waals surface area contributed by atoms with Crippen molar-refractivity contribution in [3.63, 3.8) is 0 Å². The summed E-state index contributed by atoms with van der Waals surface area (Å²) in [5.74, 6) is 0.735. The van der Waals surface area contributed by atoms with Gasteiger partial charge in [0.25, 0.3) is 0 Å². The van der Waals surface area contributed by atoms with Crippen LogP contribution in [0.4, 0.5) is 5.82 Å². The second-order valence-corrected chi connectivity index (χ2v) is 5.32. The Morgan fingerprint density at radius 1 is 1.24 bits per heavy atom. The fourth-order valence-corrected chi connectivity index (χ4v) is 2.48. The third-order valence-corrected chi connectivity index (χ3v) is 3.80. The maximum Gasteiger partial charge on any atom is 0.224 e. The molecular weight excluding hydrogens is 259 g/mol. The molecule has 1 aliphatic rings. The predicted octanol–water partition coefficient (Wildman–Crippen LogP) is 2.31. The van der Waals surface area contributed by atoms with Gasteiger partial charge in [-0.05, 0) is 32.5 Å². The van der Waals surface area contributed by atoms with E-state index in [9.17, 15) is 0 Å².